The zero-order valence-electron chi connectivity index (χ0n) is 11.7. The summed E-state index contributed by atoms with van der Waals surface area (Å²) in [7, 11) is 0. The van der Waals surface area contributed by atoms with Gasteiger partial charge < -0.3 is 10.1 Å². The molecule has 4 heteroatoms. The molecule has 0 bridgehead atoms. The molecule has 2 rings (SSSR count). The highest BCUT2D eigenvalue weighted by atomic mass is 16.5. The Morgan fingerprint density at radius 1 is 1.25 bits per heavy atom. The lowest BCUT2D eigenvalue weighted by Gasteiger charge is -2.13. The third kappa shape index (κ3) is 3.57. The summed E-state index contributed by atoms with van der Waals surface area (Å²) >= 11 is 0. The number of nitrogens with one attached hydrogen (secondary N) is 1. The monoisotopic (exact) mass is 270 g/mol. The van der Waals surface area contributed by atoms with Crippen LogP contribution in [0.15, 0.2) is 48.7 Å². The normalized spacial score (nSPS) is 11.7. The zero-order chi connectivity index (χ0) is 14.4. The van der Waals surface area contributed by atoms with Gasteiger partial charge >= 0.3 is 0 Å². The maximum Gasteiger partial charge on any atom is 0.256 e. The van der Waals surface area contributed by atoms with Crippen molar-refractivity contribution < 1.29 is 9.53 Å². The molecular formula is C16H18N2O2. The maximum absolute atomic E-state index is 12.2. The molecule has 104 valence electrons. The van der Waals surface area contributed by atoms with Crippen molar-refractivity contribution in [2.75, 3.05) is 0 Å². The van der Waals surface area contributed by atoms with E-state index in [9.17, 15) is 4.79 Å². The number of hydrogen-bond acceptors (Lipinski definition) is 3. The molecule has 0 saturated heterocycles. The average molecular weight is 270 g/mol. The smallest absolute Gasteiger partial charge is 0.256 e. The molecule has 20 heavy (non-hydrogen) atoms. The Morgan fingerprint density at radius 3 is 2.70 bits per heavy atom. The van der Waals surface area contributed by atoms with Crippen LogP contribution in [0.5, 0.6) is 11.6 Å². The second-order valence-electron chi connectivity index (χ2n) is 4.55. The third-order valence-electron chi connectivity index (χ3n) is 2.96. The molecule has 2 aromatic rings. The first-order valence-electron chi connectivity index (χ1n) is 6.69. The van der Waals surface area contributed by atoms with Crippen molar-refractivity contribution in [1.29, 1.82) is 0 Å². The van der Waals surface area contributed by atoms with Crippen LogP contribution in [0.3, 0.4) is 0 Å². The second-order valence-corrected chi connectivity index (χ2v) is 4.55. The molecule has 1 atom stereocenters. The number of para-hydroxylation sites is 1. The Bertz CT molecular complexity index is 570. The van der Waals surface area contributed by atoms with Crippen molar-refractivity contribution in [3.8, 4) is 11.6 Å². The summed E-state index contributed by atoms with van der Waals surface area (Å²) in [6.45, 7) is 3.99. The average Bonchev–Trinajstić information content (AvgIpc) is 2.48. The molecular weight excluding hydrogens is 252 g/mol. The van der Waals surface area contributed by atoms with Crippen LogP contribution >= 0.6 is 0 Å². The number of rotatable bonds is 5. The Hall–Kier alpha value is -2.36. The first-order valence-corrected chi connectivity index (χ1v) is 6.69. The highest BCUT2D eigenvalue weighted by Gasteiger charge is 2.15. The Balaban J connectivity index is 2.20. The molecule has 0 saturated carbocycles. The third-order valence-corrected chi connectivity index (χ3v) is 2.96. The van der Waals surface area contributed by atoms with E-state index in [1.807, 2.05) is 44.2 Å². The van der Waals surface area contributed by atoms with Gasteiger partial charge in [0.1, 0.15) is 11.3 Å². The molecule has 0 aliphatic rings. The zero-order valence-corrected chi connectivity index (χ0v) is 11.7. The standard InChI is InChI=1S/C16H18N2O2/c1-3-12(2)18-15(19)14-10-7-11-17-16(14)20-13-8-5-4-6-9-13/h4-12H,3H2,1-2H3,(H,18,19)/t12-/m0/s1. The quantitative estimate of drug-likeness (QED) is 0.906. The van der Waals surface area contributed by atoms with Crippen LogP contribution in [0.1, 0.15) is 30.6 Å². The molecule has 1 aromatic heterocycles. The van der Waals surface area contributed by atoms with E-state index in [0.29, 0.717) is 17.2 Å². The number of nitrogens with zero attached hydrogens (tertiary/aromatic N) is 1. The fourth-order valence-corrected chi connectivity index (χ4v) is 1.65. The molecule has 1 heterocycles. The number of aromatic nitrogens is 1. The number of carbonyl (C=O) groups excluding carboxylic acids is 1. The topological polar surface area (TPSA) is 51.2 Å². The van der Waals surface area contributed by atoms with Gasteiger partial charge in [0.15, 0.2) is 0 Å². The maximum atomic E-state index is 12.2. The summed E-state index contributed by atoms with van der Waals surface area (Å²) in [6.07, 6.45) is 2.49. The van der Waals surface area contributed by atoms with Gasteiger partial charge in [0.25, 0.3) is 5.91 Å². The van der Waals surface area contributed by atoms with E-state index >= 15 is 0 Å². The Kier molecular flexibility index (Phi) is 4.71. The highest BCUT2D eigenvalue weighted by molar-refractivity contribution is 5.96. The molecule has 1 N–H and O–H groups in total. The number of hydrogen-bond donors (Lipinski definition) is 1. The van der Waals surface area contributed by atoms with Crippen LogP contribution in [0, 0.1) is 0 Å². The number of pyridine rings is 1. The number of amides is 1. The molecule has 4 nitrogen and oxygen atoms in total. The number of carbonyl (C=O) groups is 1. The lowest BCUT2D eigenvalue weighted by molar-refractivity contribution is 0.0936. The summed E-state index contributed by atoms with van der Waals surface area (Å²) in [5.41, 5.74) is 0.441. The van der Waals surface area contributed by atoms with Crippen molar-refractivity contribution in [1.82, 2.24) is 10.3 Å². The summed E-state index contributed by atoms with van der Waals surface area (Å²) in [4.78, 5) is 16.3. The lowest BCUT2D eigenvalue weighted by Crippen LogP contribution is -2.32. The molecule has 0 spiro atoms. The van der Waals surface area contributed by atoms with Crippen LogP contribution in [0.4, 0.5) is 0 Å². The predicted octanol–water partition coefficient (Wildman–Crippen LogP) is 3.40. The summed E-state index contributed by atoms with van der Waals surface area (Å²) in [6, 6.07) is 12.9. The van der Waals surface area contributed by atoms with Gasteiger partial charge in [-0.3, -0.25) is 4.79 Å². The lowest BCUT2D eigenvalue weighted by atomic mass is 10.2. The van der Waals surface area contributed by atoms with Gasteiger partial charge in [-0.2, -0.15) is 0 Å². The molecule has 1 aromatic carbocycles. The van der Waals surface area contributed by atoms with Gasteiger partial charge in [-0.1, -0.05) is 25.1 Å². The van der Waals surface area contributed by atoms with Crippen LogP contribution in [-0.2, 0) is 0 Å². The van der Waals surface area contributed by atoms with E-state index < -0.39 is 0 Å². The molecule has 0 unspecified atom stereocenters. The predicted molar refractivity (Wildman–Crippen MR) is 78.0 cm³/mol. The minimum Gasteiger partial charge on any atom is -0.438 e. The van der Waals surface area contributed by atoms with Crippen LogP contribution in [0.25, 0.3) is 0 Å². The minimum atomic E-state index is -0.168. The highest BCUT2D eigenvalue weighted by Crippen LogP contribution is 2.22. The van der Waals surface area contributed by atoms with Gasteiger partial charge in [-0.15, -0.1) is 0 Å². The first-order chi connectivity index (χ1) is 9.70. The molecule has 0 fully saturated rings. The van der Waals surface area contributed by atoms with Gasteiger partial charge in [-0.05, 0) is 37.6 Å². The molecule has 1 amide bonds. The van der Waals surface area contributed by atoms with E-state index in [-0.39, 0.29) is 11.9 Å². The first kappa shape index (κ1) is 14.1. The molecule has 0 radical (unpaired) electrons. The van der Waals surface area contributed by atoms with Crippen molar-refractivity contribution in [3.05, 3.63) is 54.2 Å². The van der Waals surface area contributed by atoms with Crippen LogP contribution in [-0.4, -0.2) is 16.9 Å². The minimum absolute atomic E-state index is 0.118. The van der Waals surface area contributed by atoms with Gasteiger partial charge in [0.2, 0.25) is 5.88 Å². The largest absolute Gasteiger partial charge is 0.438 e. The molecule has 0 aliphatic heterocycles. The van der Waals surface area contributed by atoms with E-state index in [2.05, 4.69) is 10.3 Å². The van der Waals surface area contributed by atoms with Crippen LogP contribution < -0.4 is 10.1 Å². The Morgan fingerprint density at radius 2 is 2.00 bits per heavy atom. The van der Waals surface area contributed by atoms with Crippen molar-refractivity contribution in [3.63, 3.8) is 0 Å². The summed E-state index contributed by atoms with van der Waals surface area (Å²) in [5, 5.41) is 2.91. The van der Waals surface area contributed by atoms with Gasteiger partial charge in [0.05, 0.1) is 0 Å². The van der Waals surface area contributed by atoms with E-state index in [4.69, 9.17) is 4.74 Å². The van der Waals surface area contributed by atoms with Gasteiger partial charge in [-0.25, -0.2) is 4.98 Å². The van der Waals surface area contributed by atoms with E-state index in [1.165, 1.54) is 0 Å². The summed E-state index contributed by atoms with van der Waals surface area (Å²) < 4.78 is 5.67. The number of ether oxygens (including phenoxy) is 1. The van der Waals surface area contributed by atoms with Crippen molar-refractivity contribution in [2.45, 2.75) is 26.3 Å². The number of benzene rings is 1. The van der Waals surface area contributed by atoms with Crippen molar-refractivity contribution in [2.24, 2.45) is 0 Å². The van der Waals surface area contributed by atoms with Crippen LogP contribution in [0.2, 0.25) is 0 Å². The SMILES string of the molecule is CC[C@H](C)NC(=O)c1cccnc1Oc1ccccc1. The van der Waals surface area contributed by atoms with Gasteiger partial charge in [0, 0.05) is 12.2 Å². The summed E-state index contributed by atoms with van der Waals surface area (Å²) in [5.74, 6) is 0.807. The second kappa shape index (κ2) is 6.70. The fourth-order valence-electron chi connectivity index (χ4n) is 1.65. The fraction of sp³-hybridized carbons (Fsp3) is 0.250. The Labute approximate surface area is 118 Å². The molecule has 0 aliphatic carbocycles. The van der Waals surface area contributed by atoms with E-state index in [1.54, 1.807) is 18.3 Å². The van der Waals surface area contributed by atoms with Crippen molar-refractivity contribution >= 4 is 5.91 Å². The van der Waals surface area contributed by atoms with E-state index in [0.717, 1.165) is 6.42 Å².